The first kappa shape index (κ1) is 20.4. The van der Waals surface area contributed by atoms with Gasteiger partial charge in [0.15, 0.2) is 11.4 Å². The molecule has 2 aromatic carbocycles. The highest BCUT2D eigenvalue weighted by atomic mass is 19.1. The smallest absolute Gasteiger partial charge is 0.413 e. The monoisotopic (exact) mass is 401 g/mol. The number of fused-ring (bicyclic) bond motifs is 1. The lowest BCUT2D eigenvalue weighted by atomic mass is 10.0. The molecule has 0 saturated carbocycles. The molecule has 0 bridgehead atoms. The van der Waals surface area contributed by atoms with Gasteiger partial charge in [-0.15, -0.1) is 0 Å². The van der Waals surface area contributed by atoms with Gasteiger partial charge in [0, 0.05) is 23.4 Å². The van der Waals surface area contributed by atoms with Crippen LogP contribution in [0.25, 0.3) is 0 Å². The number of amides is 2. The summed E-state index contributed by atoms with van der Waals surface area (Å²) >= 11 is 0. The van der Waals surface area contributed by atoms with Crippen molar-refractivity contribution in [3.63, 3.8) is 0 Å². The van der Waals surface area contributed by atoms with Crippen LogP contribution in [-0.4, -0.2) is 23.1 Å². The van der Waals surface area contributed by atoms with Gasteiger partial charge < -0.3 is 20.5 Å². The van der Waals surface area contributed by atoms with E-state index in [1.807, 2.05) is 20.8 Å². The molecule has 1 aliphatic heterocycles. The summed E-state index contributed by atoms with van der Waals surface area (Å²) in [7, 11) is 0. The largest absolute Gasteiger partial charge is 0.476 e. The fourth-order valence-corrected chi connectivity index (χ4v) is 2.89. The van der Waals surface area contributed by atoms with Crippen LogP contribution in [0.2, 0.25) is 0 Å². The van der Waals surface area contributed by atoms with E-state index >= 15 is 0 Å². The van der Waals surface area contributed by atoms with E-state index in [-0.39, 0.29) is 17.3 Å². The molecule has 1 heterocycles. The number of hydrogen-bond acceptors (Lipinski definition) is 5. The fourth-order valence-electron chi connectivity index (χ4n) is 2.89. The van der Waals surface area contributed by atoms with Crippen LogP contribution in [0, 0.1) is 5.82 Å². The molecule has 8 heteroatoms. The van der Waals surface area contributed by atoms with E-state index in [1.54, 1.807) is 13.8 Å². The minimum absolute atomic E-state index is 0.0775. The molecule has 3 rings (SSSR count). The van der Waals surface area contributed by atoms with E-state index in [1.165, 1.54) is 41.3 Å². The lowest BCUT2D eigenvalue weighted by Gasteiger charge is -2.39. The second-order valence-corrected chi connectivity index (χ2v) is 8.35. The number of nitrogen functional groups attached to an aromatic ring is 1. The minimum atomic E-state index is -1.17. The average Bonchev–Trinajstić information content (AvgIpc) is 2.57. The molecule has 7 nitrogen and oxygen atoms in total. The summed E-state index contributed by atoms with van der Waals surface area (Å²) in [5, 5.41) is 2.68. The van der Waals surface area contributed by atoms with Gasteiger partial charge in [-0.2, -0.15) is 0 Å². The first-order valence-electron chi connectivity index (χ1n) is 9.10. The number of carbonyl (C=O) groups excluding carboxylic acids is 2. The summed E-state index contributed by atoms with van der Waals surface area (Å²) in [6, 6.07) is 8.46. The van der Waals surface area contributed by atoms with Crippen LogP contribution < -0.4 is 25.4 Å². The molecule has 29 heavy (non-hydrogen) atoms. The molecular formula is C21H24FN3O4. The van der Waals surface area contributed by atoms with Crippen molar-refractivity contribution in [1.82, 2.24) is 5.32 Å². The number of rotatable bonds is 2. The quantitative estimate of drug-likeness (QED) is 0.738. The number of halogens is 1. The predicted molar refractivity (Wildman–Crippen MR) is 108 cm³/mol. The number of carbonyl (C=O) groups is 2. The SMILES string of the molecule is CC(C)(C)NC(=O)Oc1cc2c(cc1N)OC(C)(C)C(=O)N2c1ccc(F)cc1. The highest BCUT2D eigenvalue weighted by molar-refractivity contribution is 6.08. The van der Waals surface area contributed by atoms with Gasteiger partial charge in [0.2, 0.25) is 0 Å². The van der Waals surface area contributed by atoms with E-state index < -0.39 is 23.1 Å². The highest BCUT2D eigenvalue weighted by Crippen LogP contribution is 2.46. The number of anilines is 3. The van der Waals surface area contributed by atoms with Gasteiger partial charge in [0.25, 0.3) is 5.91 Å². The van der Waals surface area contributed by atoms with E-state index in [4.69, 9.17) is 15.2 Å². The molecule has 0 aromatic heterocycles. The summed E-state index contributed by atoms with van der Waals surface area (Å²) in [5.74, 6) is -0.352. The Morgan fingerprint density at radius 2 is 1.83 bits per heavy atom. The Labute approximate surface area is 168 Å². The molecule has 2 amide bonds. The molecule has 0 fully saturated rings. The van der Waals surface area contributed by atoms with Gasteiger partial charge >= 0.3 is 6.09 Å². The Kier molecular flexibility index (Phi) is 4.90. The van der Waals surface area contributed by atoms with Gasteiger partial charge in [0.05, 0.1) is 11.4 Å². The molecule has 0 saturated heterocycles. The van der Waals surface area contributed by atoms with E-state index in [0.717, 1.165) is 0 Å². The molecule has 0 unspecified atom stereocenters. The summed E-state index contributed by atoms with van der Waals surface area (Å²) in [5.41, 5.74) is 5.35. The third-order valence-electron chi connectivity index (χ3n) is 4.18. The van der Waals surface area contributed by atoms with Crippen LogP contribution in [0.3, 0.4) is 0 Å². The number of hydrogen-bond donors (Lipinski definition) is 2. The summed E-state index contributed by atoms with van der Waals surface area (Å²) in [6.07, 6.45) is -0.680. The zero-order chi connectivity index (χ0) is 21.6. The van der Waals surface area contributed by atoms with E-state index in [2.05, 4.69) is 5.32 Å². The van der Waals surface area contributed by atoms with Crippen molar-refractivity contribution in [1.29, 1.82) is 0 Å². The third kappa shape index (κ3) is 4.26. The summed E-state index contributed by atoms with van der Waals surface area (Å²) < 4.78 is 24.6. The Bertz CT molecular complexity index is 965. The van der Waals surface area contributed by atoms with E-state index in [9.17, 15) is 14.0 Å². The van der Waals surface area contributed by atoms with Crippen LogP contribution in [0.1, 0.15) is 34.6 Å². The van der Waals surface area contributed by atoms with Gasteiger partial charge in [0.1, 0.15) is 11.6 Å². The number of nitrogens with zero attached hydrogens (tertiary/aromatic N) is 1. The van der Waals surface area contributed by atoms with Gasteiger partial charge in [-0.1, -0.05) is 0 Å². The predicted octanol–water partition coefficient (Wildman–Crippen LogP) is 4.13. The van der Waals surface area contributed by atoms with E-state index in [0.29, 0.717) is 17.1 Å². The van der Waals surface area contributed by atoms with Crippen molar-refractivity contribution in [3.05, 3.63) is 42.2 Å². The van der Waals surface area contributed by atoms with Crippen LogP contribution >= 0.6 is 0 Å². The number of nitrogens with one attached hydrogen (secondary N) is 1. The number of nitrogens with two attached hydrogens (primary N) is 1. The van der Waals surface area contributed by atoms with Crippen LogP contribution in [0.5, 0.6) is 11.5 Å². The number of benzene rings is 2. The summed E-state index contributed by atoms with van der Waals surface area (Å²) in [4.78, 5) is 26.6. The van der Waals surface area contributed by atoms with Crippen molar-refractivity contribution < 1.29 is 23.5 Å². The first-order valence-corrected chi connectivity index (χ1v) is 9.10. The average molecular weight is 401 g/mol. The van der Waals surface area contributed by atoms with Crippen LogP contribution in [-0.2, 0) is 4.79 Å². The van der Waals surface area contributed by atoms with Gasteiger partial charge in [-0.25, -0.2) is 9.18 Å². The Morgan fingerprint density at radius 3 is 2.41 bits per heavy atom. The first-order chi connectivity index (χ1) is 13.4. The fraction of sp³-hybridized carbons (Fsp3) is 0.333. The molecule has 2 aromatic rings. The topological polar surface area (TPSA) is 93.9 Å². The van der Waals surface area contributed by atoms with Crippen molar-refractivity contribution in [3.8, 4) is 11.5 Å². The van der Waals surface area contributed by atoms with Crippen LogP contribution in [0.15, 0.2) is 36.4 Å². The van der Waals surface area contributed by atoms with Crippen molar-refractivity contribution in [2.24, 2.45) is 0 Å². The normalized spacial score (nSPS) is 15.4. The van der Waals surface area contributed by atoms with Gasteiger partial charge in [-0.3, -0.25) is 9.69 Å². The zero-order valence-electron chi connectivity index (χ0n) is 17.0. The molecule has 1 aliphatic rings. The lowest BCUT2D eigenvalue weighted by Crippen LogP contribution is -2.50. The van der Waals surface area contributed by atoms with Gasteiger partial charge in [-0.05, 0) is 58.9 Å². The molecule has 0 atom stereocenters. The molecule has 0 aliphatic carbocycles. The Balaban J connectivity index is 2.06. The van der Waals surface area contributed by atoms with Crippen molar-refractivity contribution >= 4 is 29.1 Å². The standard InChI is InChI=1S/C21H24FN3O4/c1-20(2,3)24-19(27)28-16-11-15-17(10-14(16)23)29-21(4,5)18(26)25(15)13-8-6-12(22)7-9-13/h6-11H,23H2,1-5H3,(H,24,27). The molecular weight excluding hydrogens is 377 g/mol. The number of ether oxygens (including phenoxy) is 2. The maximum atomic E-state index is 13.4. The summed E-state index contributed by atoms with van der Waals surface area (Å²) in [6.45, 7) is 8.71. The molecule has 3 N–H and O–H groups in total. The van der Waals surface area contributed by atoms with Crippen LogP contribution in [0.4, 0.5) is 26.2 Å². The second kappa shape index (κ2) is 6.95. The maximum absolute atomic E-state index is 13.4. The molecule has 0 radical (unpaired) electrons. The Morgan fingerprint density at radius 1 is 1.21 bits per heavy atom. The van der Waals surface area contributed by atoms with Crippen molar-refractivity contribution in [2.75, 3.05) is 10.6 Å². The molecule has 154 valence electrons. The third-order valence-corrected chi connectivity index (χ3v) is 4.18. The Hall–Kier alpha value is -3.29. The minimum Gasteiger partial charge on any atom is -0.476 e. The molecule has 0 spiro atoms. The highest BCUT2D eigenvalue weighted by Gasteiger charge is 2.42. The lowest BCUT2D eigenvalue weighted by molar-refractivity contribution is -0.131. The maximum Gasteiger partial charge on any atom is 0.413 e. The zero-order valence-corrected chi connectivity index (χ0v) is 17.0. The van der Waals surface area contributed by atoms with Crippen molar-refractivity contribution in [2.45, 2.75) is 45.8 Å². The second-order valence-electron chi connectivity index (χ2n) is 8.35.